The number of nitrogens with zero attached hydrogens (tertiary/aromatic N) is 2. The summed E-state index contributed by atoms with van der Waals surface area (Å²) in [6.07, 6.45) is 7.48. The Morgan fingerprint density at radius 3 is 2.57 bits per heavy atom. The van der Waals surface area contributed by atoms with Crippen LogP contribution >= 0.6 is 24.0 Å². The Kier molecular flexibility index (Phi) is 7.79. The zero-order chi connectivity index (χ0) is 20.1. The molecule has 158 valence electrons. The molecule has 0 spiro atoms. The first-order chi connectivity index (χ1) is 14.2. The van der Waals surface area contributed by atoms with Gasteiger partial charge in [-0.05, 0) is 48.2 Å². The van der Waals surface area contributed by atoms with Gasteiger partial charge in [0.15, 0.2) is 5.96 Å². The lowest BCUT2D eigenvalue weighted by molar-refractivity contribution is 0.796. The van der Waals surface area contributed by atoms with Gasteiger partial charge >= 0.3 is 0 Å². The molecular formula is C24H30IN5. The zero-order valence-electron chi connectivity index (χ0n) is 17.6. The van der Waals surface area contributed by atoms with Gasteiger partial charge in [-0.3, -0.25) is 4.99 Å². The lowest BCUT2D eigenvalue weighted by Gasteiger charge is -2.18. The lowest BCUT2D eigenvalue weighted by Crippen LogP contribution is -2.37. The molecule has 3 N–H and O–H groups in total. The molecule has 4 rings (SSSR count). The molecule has 0 unspecified atom stereocenters. The molecule has 1 aliphatic heterocycles. The number of fused-ring (bicyclic) bond motifs is 1. The monoisotopic (exact) mass is 515 g/mol. The Hall–Kier alpha value is -2.48. The fraction of sp³-hybridized carbons (Fsp3) is 0.292. The number of aliphatic imine (C=N–C) groups is 1. The van der Waals surface area contributed by atoms with Gasteiger partial charge in [-0.1, -0.05) is 36.4 Å². The third-order valence-corrected chi connectivity index (χ3v) is 5.41. The number of aromatic nitrogens is 1. The van der Waals surface area contributed by atoms with Crippen LogP contribution in [0.1, 0.15) is 16.7 Å². The van der Waals surface area contributed by atoms with E-state index in [1.54, 1.807) is 0 Å². The number of hydrogen-bond donors (Lipinski definition) is 3. The zero-order valence-corrected chi connectivity index (χ0v) is 19.9. The summed E-state index contributed by atoms with van der Waals surface area (Å²) in [5.41, 5.74) is 6.33. The molecule has 2 aromatic carbocycles. The van der Waals surface area contributed by atoms with E-state index in [1.807, 2.05) is 7.05 Å². The predicted octanol–water partition coefficient (Wildman–Crippen LogP) is 4.38. The largest absolute Gasteiger partial charge is 0.364 e. The van der Waals surface area contributed by atoms with Crippen molar-refractivity contribution in [1.29, 1.82) is 0 Å². The van der Waals surface area contributed by atoms with E-state index in [1.165, 1.54) is 33.3 Å². The van der Waals surface area contributed by atoms with Crippen molar-refractivity contribution in [3.8, 4) is 0 Å². The molecule has 0 fully saturated rings. The summed E-state index contributed by atoms with van der Waals surface area (Å²) in [5.74, 6) is 0.827. The molecule has 1 aliphatic rings. The van der Waals surface area contributed by atoms with E-state index in [0.29, 0.717) is 0 Å². The van der Waals surface area contributed by atoms with Gasteiger partial charge in [0.1, 0.15) is 0 Å². The van der Waals surface area contributed by atoms with Gasteiger partial charge in [0.05, 0.1) is 0 Å². The van der Waals surface area contributed by atoms with E-state index < -0.39 is 0 Å². The Balaban J connectivity index is 0.00000256. The van der Waals surface area contributed by atoms with Crippen molar-refractivity contribution in [1.82, 2.24) is 15.6 Å². The van der Waals surface area contributed by atoms with Gasteiger partial charge in [0.25, 0.3) is 0 Å². The number of aryl methyl sites for hydroxylation is 1. The van der Waals surface area contributed by atoms with Crippen molar-refractivity contribution < 1.29 is 0 Å². The van der Waals surface area contributed by atoms with E-state index >= 15 is 0 Å². The Labute approximate surface area is 195 Å². The van der Waals surface area contributed by atoms with Crippen molar-refractivity contribution in [2.75, 3.05) is 31.6 Å². The van der Waals surface area contributed by atoms with E-state index in [9.17, 15) is 0 Å². The molecule has 3 aromatic rings. The number of nitrogens with one attached hydrogen (secondary N) is 3. The molecule has 2 heterocycles. The summed E-state index contributed by atoms with van der Waals surface area (Å²) in [7, 11) is 1.81. The van der Waals surface area contributed by atoms with Crippen LogP contribution < -0.4 is 15.5 Å². The number of aromatic amines is 1. The highest BCUT2D eigenvalue weighted by Crippen LogP contribution is 2.20. The first kappa shape index (κ1) is 22.2. The molecule has 0 saturated heterocycles. The van der Waals surface area contributed by atoms with Crippen molar-refractivity contribution in [3.05, 3.63) is 77.5 Å². The highest BCUT2D eigenvalue weighted by Gasteiger charge is 2.07. The molecule has 0 bridgehead atoms. The smallest absolute Gasteiger partial charge is 0.191 e. The topological polar surface area (TPSA) is 55.5 Å². The van der Waals surface area contributed by atoms with Crippen LogP contribution in [0.4, 0.5) is 5.69 Å². The van der Waals surface area contributed by atoms with Crippen LogP contribution in [0.5, 0.6) is 0 Å². The third kappa shape index (κ3) is 5.36. The Morgan fingerprint density at radius 1 is 1.07 bits per heavy atom. The van der Waals surface area contributed by atoms with Crippen molar-refractivity contribution in [2.45, 2.75) is 19.9 Å². The second-order valence-corrected chi connectivity index (χ2v) is 7.51. The standard InChI is InChI=1S/C24H29N5.HI/c1-18-5-10-22-20(17-27-23(22)15-18)11-12-26-24(25-2)28-16-19-6-8-21(9-7-19)29-13-3-4-14-29;/h3-10,15,17,27H,11-14,16H2,1-2H3,(H2,25,26,28);1H. The summed E-state index contributed by atoms with van der Waals surface area (Å²) < 4.78 is 0. The molecule has 30 heavy (non-hydrogen) atoms. The third-order valence-electron chi connectivity index (χ3n) is 5.41. The molecular weight excluding hydrogens is 485 g/mol. The number of halogens is 1. The van der Waals surface area contributed by atoms with Crippen LogP contribution in [0.25, 0.3) is 10.9 Å². The molecule has 0 radical (unpaired) electrons. The Morgan fingerprint density at radius 2 is 1.83 bits per heavy atom. The van der Waals surface area contributed by atoms with Gasteiger partial charge in [-0.25, -0.2) is 0 Å². The first-order valence-electron chi connectivity index (χ1n) is 10.2. The number of H-pyrrole nitrogens is 1. The van der Waals surface area contributed by atoms with E-state index in [2.05, 4.69) is 93.2 Å². The van der Waals surface area contributed by atoms with E-state index in [4.69, 9.17) is 0 Å². The van der Waals surface area contributed by atoms with Crippen LogP contribution in [0.2, 0.25) is 0 Å². The van der Waals surface area contributed by atoms with Gasteiger partial charge in [-0.15, -0.1) is 24.0 Å². The van der Waals surface area contributed by atoms with Gasteiger partial charge in [0, 0.05) is 56.0 Å². The van der Waals surface area contributed by atoms with Crippen molar-refractivity contribution >= 4 is 46.5 Å². The van der Waals surface area contributed by atoms with Crippen LogP contribution in [0.15, 0.2) is 65.8 Å². The second-order valence-electron chi connectivity index (χ2n) is 7.51. The normalized spacial score (nSPS) is 13.5. The quantitative estimate of drug-likeness (QED) is 0.198. The van der Waals surface area contributed by atoms with Crippen LogP contribution in [0.3, 0.4) is 0 Å². The maximum atomic E-state index is 4.35. The summed E-state index contributed by atoms with van der Waals surface area (Å²) in [6.45, 7) is 5.72. The minimum absolute atomic E-state index is 0. The summed E-state index contributed by atoms with van der Waals surface area (Å²) in [5, 5.41) is 8.12. The Bertz CT molecular complexity index is 1010. The molecule has 5 nitrogen and oxygen atoms in total. The number of benzene rings is 2. The summed E-state index contributed by atoms with van der Waals surface area (Å²) in [4.78, 5) is 10.1. The molecule has 1 aromatic heterocycles. The molecule has 0 atom stereocenters. The number of guanidine groups is 1. The summed E-state index contributed by atoms with van der Waals surface area (Å²) >= 11 is 0. The van der Waals surface area contributed by atoms with Crippen LogP contribution in [0, 0.1) is 6.92 Å². The SMILES string of the molecule is CN=C(NCCc1c[nH]c2cc(C)ccc12)NCc1ccc(N2CC=CC2)cc1.I. The molecule has 6 heteroatoms. The fourth-order valence-corrected chi connectivity index (χ4v) is 3.74. The van der Waals surface area contributed by atoms with Crippen molar-refractivity contribution in [2.24, 2.45) is 4.99 Å². The lowest BCUT2D eigenvalue weighted by atomic mass is 10.1. The van der Waals surface area contributed by atoms with Crippen LogP contribution in [-0.4, -0.2) is 37.6 Å². The fourth-order valence-electron chi connectivity index (χ4n) is 3.74. The van der Waals surface area contributed by atoms with Gasteiger partial charge in [-0.2, -0.15) is 0 Å². The molecule has 0 aliphatic carbocycles. The van der Waals surface area contributed by atoms with Crippen LogP contribution in [-0.2, 0) is 13.0 Å². The number of hydrogen-bond acceptors (Lipinski definition) is 2. The van der Waals surface area contributed by atoms with Crippen molar-refractivity contribution in [3.63, 3.8) is 0 Å². The molecule has 0 saturated carbocycles. The second kappa shape index (κ2) is 10.5. The average Bonchev–Trinajstić information content (AvgIpc) is 3.41. The summed E-state index contributed by atoms with van der Waals surface area (Å²) in [6, 6.07) is 15.3. The van der Waals surface area contributed by atoms with Gasteiger partial charge in [0.2, 0.25) is 0 Å². The number of rotatable bonds is 6. The number of anilines is 1. The maximum Gasteiger partial charge on any atom is 0.191 e. The first-order valence-corrected chi connectivity index (χ1v) is 10.2. The maximum absolute atomic E-state index is 4.35. The highest BCUT2D eigenvalue weighted by atomic mass is 127. The molecule has 0 amide bonds. The van der Waals surface area contributed by atoms with E-state index in [0.717, 1.165) is 38.6 Å². The minimum atomic E-state index is 0. The van der Waals surface area contributed by atoms with E-state index in [-0.39, 0.29) is 24.0 Å². The predicted molar refractivity (Wildman–Crippen MR) is 138 cm³/mol. The minimum Gasteiger partial charge on any atom is -0.364 e. The van der Waals surface area contributed by atoms with Gasteiger partial charge < -0.3 is 20.5 Å². The highest BCUT2D eigenvalue weighted by molar-refractivity contribution is 14.0. The average molecular weight is 515 g/mol.